The van der Waals surface area contributed by atoms with E-state index in [2.05, 4.69) is 10.1 Å². The van der Waals surface area contributed by atoms with Crippen molar-refractivity contribution in [1.29, 1.82) is 0 Å². The summed E-state index contributed by atoms with van der Waals surface area (Å²) in [7, 11) is 0. The van der Waals surface area contributed by atoms with Gasteiger partial charge < -0.3 is 10.1 Å². The van der Waals surface area contributed by atoms with Gasteiger partial charge in [0.2, 0.25) is 0 Å². The average Bonchev–Trinajstić information content (AvgIpc) is 2.15. The van der Waals surface area contributed by atoms with E-state index < -0.39 is 17.0 Å². The average molecular weight is 250 g/mol. The fourth-order valence-corrected chi connectivity index (χ4v) is 1.20. The number of benzene rings is 1. The van der Waals surface area contributed by atoms with Crippen molar-refractivity contribution in [2.24, 2.45) is 0 Å². The smallest absolute Gasteiger partial charge is 0.406 e. The van der Waals surface area contributed by atoms with E-state index in [1.54, 1.807) is 6.92 Å². The Labute approximate surface area is 94.3 Å². The zero-order valence-corrected chi connectivity index (χ0v) is 8.75. The molecule has 0 amide bonds. The second-order valence-electron chi connectivity index (χ2n) is 3.01. The molecule has 0 spiro atoms. The highest BCUT2D eigenvalue weighted by Gasteiger charge is 2.31. The number of nitro benzene ring substituents is 1. The van der Waals surface area contributed by atoms with Gasteiger partial charge in [0.25, 0.3) is 5.69 Å². The van der Waals surface area contributed by atoms with E-state index >= 15 is 0 Å². The standard InChI is InChI=1S/C9H9F3N2O3/c1-2-13-7-5-6(17-9(10,11)12)3-4-8(7)14(15)16/h3-5,13H,2H2,1H3. The summed E-state index contributed by atoms with van der Waals surface area (Å²) >= 11 is 0. The Morgan fingerprint density at radius 2 is 2.12 bits per heavy atom. The van der Waals surface area contributed by atoms with Crippen LogP contribution in [0.2, 0.25) is 0 Å². The molecule has 94 valence electrons. The predicted octanol–water partition coefficient (Wildman–Crippen LogP) is 2.93. The van der Waals surface area contributed by atoms with Crippen LogP contribution in [-0.4, -0.2) is 17.8 Å². The van der Waals surface area contributed by atoms with Gasteiger partial charge in [-0.3, -0.25) is 10.1 Å². The first kappa shape index (κ1) is 13.1. The number of ether oxygens (including phenoxy) is 1. The van der Waals surface area contributed by atoms with Crippen LogP contribution in [0.4, 0.5) is 24.5 Å². The summed E-state index contributed by atoms with van der Waals surface area (Å²) in [6.45, 7) is 2.01. The lowest BCUT2D eigenvalue weighted by molar-refractivity contribution is -0.384. The van der Waals surface area contributed by atoms with Crippen LogP contribution in [0.5, 0.6) is 5.75 Å². The number of alkyl halides is 3. The Hall–Kier alpha value is -1.99. The molecule has 0 saturated carbocycles. The number of nitro groups is 1. The molecule has 0 heterocycles. The third-order valence-corrected chi connectivity index (χ3v) is 1.77. The highest BCUT2D eigenvalue weighted by molar-refractivity contribution is 5.64. The van der Waals surface area contributed by atoms with Crippen molar-refractivity contribution in [2.45, 2.75) is 13.3 Å². The zero-order chi connectivity index (χ0) is 13.1. The minimum Gasteiger partial charge on any atom is -0.406 e. The number of anilines is 1. The highest BCUT2D eigenvalue weighted by atomic mass is 19.4. The van der Waals surface area contributed by atoms with Gasteiger partial charge in [0, 0.05) is 18.7 Å². The number of nitrogens with one attached hydrogen (secondary N) is 1. The second-order valence-corrected chi connectivity index (χ2v) is 3.01. The van der Waals surface area contributed by atoms with Crippen LogP contribution >= 0.6 is 0 Å². The lowest BCUT2D eigenvalue weighted by Gasteiger charge is -2.10. The van der Waals surface area contributed by atoms with E-state index in [9.17, 15) is 23.3 Å². The molecule has 0 radical (unpaired) electrons. The minimum atomic E-state index is -4.82. The fraction of sp³-hybridized carbons (Fsp3) is 0.333. The first-order valence-corrected chi connectivity index (χ1v) is 4.61. The molecule has 1 aromatic rings. The van der Waals surface area contributed by atoms with Crippen LogP contribution in [0.3, 0.4) is 0 Å². The van der Waals surface area contributed by atoms with Crippen molar-refractivity contribution in [2.75, 3.05) is 11.9 Å². The number of halogens is 3. The Balaban J connectivity index is 3.05. The van der Waals surface area contributed by atoms with Gasteiger partial charge in [0.15, 0.2) is 0 Å². The maximum Gasteiger partial charge on any atom is 0.573 e. The number of nitrogens with zero attached hydrogens (tertiary/aromatic N) is 1. The van der Waals surface area contributed by atoms with Crippen molar-refractivity contribution in [3.05, 3.63) is 28.3 Å². The molecule has 0 bridgehead atoms. The molecule has 0 fully saturated rings. The number of rotatable bonds is 4. The van der Waals surface area contributed by atoms with Crippen molar-refractivity contribution in [3.8, 4) is 5.75 Å². The molecule has 17 heavy (non-hydrogen) atoms. The molecule has 1 rings (SSSR count). The Kier molecular flexibility index (Phi) is 3.77. The van der Waals surface area contributed by atoms with Crippen LogP contribution in [0.1, 0.15) is 6.92 Å². The van der Waals surface area contributed by atoms with E-state index in [0.29, 0.717) is 6.54 Å². The van der Waals surface area contributed by atoms with Gasteiger partial charge in [-0.1, -0.05) is 0 Å². The van der Waals surface area contributed by atoms with Crippen molar-refractivity contribution < 1.29 is 22.8 Å². The normalized spacial score (nSPS) is 11.1. The van der Waals surface area contributed by atoms with Gasteiger partial charge in [-0.25, -0.2) is 0 Å². The summed E-state index contributed by atoms with van der Waals surface area (Å²) in [5.74, 6) is -0.501. The van der Waals surface area contributed by atoms with Gasteiger partial charge in [-0.2, -0.15) is 0 Å². The van der Waals surface area contributed by atoms with E-state index in [1.165, 1.54) is 0 Å². The molecule has 0 aliphatic carbocycles. The van der Waals surface area contributed by atoms with Gasteiger partial charge >= 0.3 is 6.36 Å². The maximum absolute atomic E-state index is 11.9. The third kappa shape index (κ3) is 3.82. The minimum absolute atomic E-state index is 0.0146. The molecule has 5 nitrogen and oxygen atoms in total. The molecule has 0 unspecified atom stereocenters. The lowest BCUT2D eigenvalue weighted by atomic mass is 10.2. The third-order valence-electron chi connectivity index (χ3n) is 1.77. The molecule has 0 aromatic heterocycles. The Bertz CT molecular complexity index is 420. The number of hydrogen-bond donors (Lipinski definition) is 1. The van der Waals surface area contributed by atoms with Crippen molar-refractivity contribution >= 4 is 11.4 Å². The van der Waals surface area contributed by atoms with Gasteiger partial charge in [-0.05, 0) is 13.0 Å². The van der Waals surface area contributed by atoms with Gasteiger partial charge in [-0.15, -0.1) is 13.2 Å². The van der Waals surface area contributed by atoms with Crippen LogP contribution in [-0.2, 0) is 0 Å². The zero-order valence-electron chi connectivity index (χ0n) is 8.75. The summed E-state index contributed by atoms with van der Waals surface area (Å²) in [4.78, 5) is 9.91. The van der Waals surface area contributed by atoms with Crippen molar-refractivity contribution in [3.63, 3.8) is 0 Å². The monoisotopic (exact) mass is 250 g/mol. The van der Waals surface area contributed by atoms with Gasteiger partial charge in [0.1, 0.15) is 11.4 Å². The van der Waals surface area contributed by atoms with E-state index in [1.807, 2.05) is 0 Å². The van der Waals surface area contributed by atoms with Crippen LogP contribution in [0.25, 0.3) is 0 Å². The van der Waals surface area contributed by atoms with Crippen LogP contribution in [0, 0.1) is 10.1 Å². The summed E-state index contributed by atoms with van der Waals surface area (Å²) in [5, 5.41) is 13.2. The molecule has 8 heteroatoms. The topological polar surface area (TPSA) is 64.4 Å². The molecular weight excluding hydrogens is 241 g/mol. The molecular formula is C9H9F3N2O3. The van der Waals surface area contributed by atoms with E-state index in [-0.39, 0.29) is 11.4 Å². The first-order chi connectivity index (χ1) is 7.83. The SMILES string of the molecule is CCNc1cc(OC(F)(F)F)ccc1[N+](=O)[O-]. The highest BCUT2D eigenvalue weighted by Crippen LogP contribution is 2.31. The summed E-state index contributed by atoms with van der Waals surface area (Å²) in [5.41, 5.74) is -0.319. The molecule has 0 aliphatic rings. The Morgan fingerprint density at radius 1 is 1.47 bits per heavy atom. The maximum atomic E-state index is 11.9. The van der Waals surface area contributed by atoms with E-state index in [0.717, 1.165) is 18.2 Å². The summed E-state index contributed by atoms with van der Waals surface area (Å²) < 4.78 is 39.5. The number of hydrogen-bond acceptors (Lipinski definition) is 4. The fourth-order valence-electron chi connectivity index (χ4n) is 1.20. The Morgan fingerprint density at radius 3 is 2.59 bits per heavy atom. The predicted molar refractivity (Wildman–Crippen MR) is 53.9 cm³/mol. The van der Waals surface area contributed by atoms with Gasteiger partial charge in [0.05, 0.1) is 4.92 Å². The van der Waals surface area contributed by atoms with Crippen molar-refractivity contribution in [1.82, 2.24) is 0 Å². The second kappa shape index (κ2) is 4.89. The van der Waals surface area contributed by atoms with E-state index in [4.69, 9.17) is 0 Å². The molecule has 0 saturated heterocycles. The summed E-state index contributed by atoms with van der Waals surface area (Å²) in [6.07, 6.45) is -4.82. The summed E-state index contributed by atoms with van der Waals surface area (Å²) in [6, 6.07) is 2.79. The first-order valence-electron chi connectivity index (χ1n) is 4.61. The lowest BCUT2D eigenvalue weighted by Crippen LogP contribution is -2.17. The molecule has 0 aliphatic heterocycles. The quantitative estimate of drug-likeness (QED) is 0.659. The van der Waals surface area contributed by atoms with Crippen LogP contribution < -0.4 is 10.1 Å². The molecule has 1 aromatic carbocycles. The largest absolute Gasteiger partial charge is 0.573 e. The van der Waals surface area contributed by atoms with Crippen LogP contribution in [0.15, 0.2) is 18.2 Å². The molecule has 1 N–H and O–H groups in total. The molecule has 0 atom stereocenters.